The van der Waals surface area contributed by atoms with Crippen LogP contribution in [0.1, 0.15) is 0 Å². The summed E-state index contributed by atoms with van der Waals surface area (Å²) >= 11 is 4.20. The van der Waals surface area contributed by atoms with E-state index >= 15 is 0 Å². The quantitative estimate of drug-likeness (QED) is 0.610. The molecule has 0 atom stereocenters. The zero-order chi connectivity index (χ0) is 14.7. The van der Waals surface area contributed by atoms with Gasteiger partial charge in [-0.3, -0.25) is 20.2 Å². The Bertz CT molecular complexity index is 678. The fourth-order valence-electron chi connectivity index (χ4n) is 1.37. The number of nitrogens with zero attached hydrogens (tertiary/aromatic N) is 3. The van der Waals surface area contributed by atoms with Gasteiger partial charge in [-0.1, -0.05) is 11.8 Å². The Labute approximate surface area is 125 Å². The lowest BCUT2D eigenvalue weighted by Crippen LogP contribution is -1.93. The Morgan fingerprint density at radius 1 is 1.10 bits per heavy atom. The van der Waals surface area contributed by atoms with Gasteiger partial charge in [0.05, 0.1) is 9.85 Å². The van der Waals surface area contributed by atoms with Crippen molar-refractivity contribution < 1.29 is 9.85 Å². The molecule has 2 rings (SSSR count). The first-order valence-corrected chi connectivity index (χ1v) is 6.80. The van der Waals surface area contributed by atoms with Crippen LogP contribution < -0.4 is 0 Å². The smallest absolute Gasteiger partial charge is 0.258 e. The van der Waals surface area contributed by atoms with Crippen LogP contribution >= 0.6 is 27.7 Å². The van der Waals surface area contributed by atoms with Gasteiger partial charge in [-0.05, 0) is 28.1 Å². The molecule has 1 aromatic carbocycles. The summed E-state index contributed by atoms with van der Waals surface area (Å²) < 4.78 is 0.511. The van der Waals surface area contributed by atoms with Gasteiger partial charge in [0.25, 0.3) is 5.69 Å². The third-order valence-electron chi connectivity index (χ3n) is 2.26. The first kappa shape index (κ1) is 14.4. The third kappa shape index (κ3) is 3.31. The average molecular weight is 356 g/mol. The summed E-state index contributed by atoms with van der Waals surface area (Å²) in [5.41, 5.74) is -0.157. The zero-order valence-electron chi connectivity index (χ0n) is 9.72. The highest BCUT2D eigenvalue weighted by Crippen LogP contribution is 2.34. The fraction of sp³-hybridized carbons (Fsp3) is 0. The van der Waals surface area contributed by atoms with Crippen molar-refractivity contribution >= 4 is 39.1 Å². The number of nitro benzene ring substituents is 1. The van der Waals surface area contributed by atoms with Crippen LogP contribution in [-0.4, -0.2) is 14.8 Å². The molecule has 1 aromatic heterocycles. The summed E-state index contributed by atoms with van der Waals surface area (Å²) in [6.07, 6.45) is 1.46. The van der Waals surface area contributed by atoms with Gasteiger partial charge in [0.15, 0.2) is 5.03 Å². The number of rotatable bonds is 4. The van der Waals surface area contributed by atoms with Crippen molar-refractivity contribution in [2.75, 3.05) is 0 Å². The Morgan fingerprint density at radius 3 is 2.30 bits per heavy atom. The van der Waals surface area contributed by atoms with Crippen LogP contribution in [0.5, 0.6) is 0 Å². The molecule has 0 aliphatic rings. The summed E-state index contributed by atoms with van der Waals surface area (Å²) in [6.45, 7) is 0. The molecule has 0 N–H and O–H groups in total. The van der Waals surface area contributed by atoms with E-state index in [1.807, 2.05) is 0 Å². The number of hydrogen-bond donors (Lipinski definition) is 0. The van der Waals surface area contributed by atoms with Crippen molar-refractivity contribution in [3.63, 3.8) is 0 Å². The summed E-state index contributed by atoms with van der Waals surface area (Å²) in [5, 5.41) is 21.7. The van der Waals surface area contributed by atoms with E-state index < -0.39 is 9.85 Å². The van der Waals surface area contributed by atoms with E-state index in [4.69, 9.17) is 0 Å². The number of hydrogen-bond acceptors (Lipinski definition) is 6. The lowest BCUT2D eigenvalue weighted by Gasteiger charge is -2.02. The number of halogens is 1. The minimum Gasteiger partial charge on any atom is -0.258 e. The van der Waals surface area contributed by atoms with E-state index in [0.29, 0.717) is 9.37 Å². The van der Waals surface area contributed by atoms with Crippen molar-refractivity contribution in [1.82, 2.24) is 4.98 Å². The molecule has 0 saturated heterocycles. The number of non-ortho nitro benzene ring substituents is 1. The van der Waals surface area contributed by atoms with Crippen LogP contribution in [0.3, 0.4) is 0 Å². The van der Waals surface area contributed by atoms with E-state index in [1.54, 1.807) is 0 Å². The molecule has 0 aliphatic carbocycles. The highest BCUT2D eigenvalue weighted by molar-refractivity contribution is 9.10. The van der Waals surface area contributed by atoms with E-state index in [9.17, 15) is 20.2 Å². The maximum Gasteiger partial charge on any atom is 0.302 e. The van der Waals surface area contributed by atoms with Crippen molar-refractivity contribution in [2.24, 2.45) is 0 Å². The average Bonchev–Trinajstić information content (AvgIpc) is 2.41. The van der Waals surface area contributed by atoms with Gasteiger partial charge in [-0.2, -0.15) is 0 Å². The van der Waals surface area contributed by atoms with Gasteiger partial charge >= 0.3 is 5.69 Å². The SMILES string of the molecule is O=[N+]([O-])c1ccc(Sc2ncc(Br)cc2[N+](=O)[O-])cc1. The number of nitro groups is 2. The van der Waals surface area contributed by atoms with Crippen LogP contribution in [0.25, 0.3) is 0 Å². The van der Waals surface area contributed by atoms with Crippen LogP contribution in [-0.2, 0) is 0 Å². The Hall–Kier alpha value is -2.00. The summed E-state index contributed by atoms with van der Waals surface area (Å²) in [6, 6.07) is 7.09. The summed E-state index contributed by atoms with van der Waals surface area (Å²) in [4.78, 5) is 25.1. The number of aromatic nitrogens is 1. The molecule has 9 heteroatoms. The standard InChI is InChI=1S/C11H6BrN3O4S/c12-7-5-10(15(18)19)11(13-6-7)20-9-3-1-8(2-4-9)14(16)17/h1-6H. The van der Waals surface area contributed by atoms with Gasteiger partial charge in [-0.25, -0.2) is 4.98 Å². The molecular formula is C11H6BrN3O4S. The van der Waals surface area contributed by atoms with Crippen LogP contribution in [0, 0.1) is 20.2 Å². The molecule has 0 aliphatic heterocycles. The van der Waals surface area contributed by atoms with E-state index in [1.165, 1.54) is 36.5 Å². The van der Waals surface area contributed by atoms with Crippen LogP contribution in [0.4, 0.5) is 11.4 Å². The van der Waals surface area contributed by atoms with Crippen LogP contribution in [0.2, 0.25) is 0 Å². The predicted octanol–water partition coefficient (Wildman–Crippen LogP) is 3.81. The molecule has 0 saturated carbocycles. The number of benzene rings is 1. The predicted molar refractivity (Wildman–Crippen MR) is 75.8 cm³/mol. The van der Waals surface area contributed by atoms with Crippen molar-refractivity contribution in [3.8, 4) is 0 Å². The second kappa shape index (κ2) is 5.97. The maximum absolute atomic E-state index is 10.9. The topological polar surface area (TPSA) is 99.2 Å². The second-order valence-corrected chi connectivity index (χ2v) is 5.57. The van der Waals surface area contributed by atoms with Crippen LogP contribution in [0.15, 0.2) is 50.9 Å². The zero-order valence-corrected chi connectivity index (χ0v) is 12.1. The molecule has 7 nitrogen and oxygen atoms in total. The lowest BCUT2D eigenvalue weighted by atomic mass is 10.3. The molecule has 102 valence electrons. The first-order chi connectivity index (χ1) is 9.47. The second-order valence-electron chi connectivity index (χ2n) is 3.59. The molecule has 20 heavy (non-hydrogen) atoms. The highest BCUT2D eigenvalue weighted by Gasteiger charge is 2.17. The van der Waals surface area contributed by atoms with Gasteiger partial charge in [0.1, 0.15) is 0 Å². The van der Waals surface area contributed by atoms with E-state index in [-0.39, 0.29) is 16.4 Å². The Kier molecular flexibility index (Phi) is 4.30. The molecule has 0 amide bonds. The fourth-order valence-corrected chi connectivity index (χ4v) is 2.53. The van der Waals surface area contributed by atoms with Gasteiger partial charge in [-0.15, -0.1) is 0 Å². The monoisotopic (exact) mass is 355 g/mol. The van der Waals surface area contributed by atoms with Gasteiger partial charge < -0.3 is 0 Å². The minimum atomic E-state index is -0.522. The molecule has 2 aromatic rings. The molecular weight excluding hydrogens is 350 g/mol. The Morgan fingerprint density at radius 2 is 1.75 bits per heavy atom. The van der Waals surface area contributed by atoms with E-state index in [2.05, 4.69) is 20.9 Å². The molecule has 0 fully saturated rings. The van der Waals surface area contributed by atoms with E-state index in [0.717, 1.165) is 11.8 Å². The van der Waals surface area contributed by atoms with Crippen molar-refractivity contribution in [3.05, 3.63) is 61.2 Å². The molecule has 1 heterocycles. The van der Waals surface area contributed by atoms with Gasteiger partial charge in [0.2, 0.25) is 0 Å². The first-order valence-electron chi connectivity index (χ1n) is 5.19. The largest absolute Gasteiger partial charge is 0.302 e. The lowest BCUT2D eigenvalue weighted by molar-refractivity contribution is -0.388. The minimum absolute atomic E-state index is 0.0346. The Balaban J connectivity index is 2.30. The van der Waals surface area contributed by atoms with Crippen molar-refractivity contribution in [1.29, 1.82) is 0 Å². The normalized spacial score (nSPS) is 10.2. The molecule has 0 radical (unpaired) electrons. The molecule has 0 unspecified atom stereocenters. The number of pyridine rings is 1. The highest BCUT2D eigenvalue weighted by atomic mass is 79.9. The summed E-state index contributed by atoms with van der Waals surface area (Å²) in [5.74, 6) is 0. The van der Waals surface area contributed by atoms with Gasteiger partial charge in [0, 0.05) is 33.8 Å². The third-order valence-corrected chi connectivity index (χ3v) is 3.71. The summed E-state index contributed by atoms with van der Waals surface area (Å²) in [7, 11) is 0. The molecule has 0 spiro atoms. The van der Waals surface area contributed by atoms with Crippen molar-refractivity contribution in [2.45, 2.75) is 9.92 Å². The maximum atomic E-state index is 10.9. The molecule has 0 bridgehead atoms.